The molecule has 0 aromatic heterocycles. The molecule has 3 rings (SSSR count). The normalized spacial score (nSPS) is 14.9. The standard InChI is InChI=1S/C22H24F3N3O4S/c1-3-26-33(31,32)18-8-7-15(2)19(14-18)21(30)28-11-9-27(10-12-28)20(29)16-5-4-6-17(13-16)22(23,24)25/h4-8,13-14,26H,3,9-12H2,1-2H3. The van der Waals surface area contributed by atoms with Crippen LogP contribution in [-0.2, 0) is 16.2 Å². The molecule has 0 spiro atoms. The number of piperazine rings is 1. The summed E-state index contributed by atoms with van der Waals surface area (Å²) < 4.78 is 65.8. The van der Waals surface area contributed by atoms with Crippen LogP contribution in [0.4, 0.5) is 13.2 Å². The molecule has 33 heavy (non-hydrogen) atoms. The molecule has 11 heteroatoms. The van der Waals surface area contributed by atoms with Gasteiger partial charge >= 0.3 is 6.18 Å². The number of hydrogen-bond acceptors (Lipinski definition) is 4. The van der Waals surface area contributed by atoms with Gasteiger partial charge in [0.1, 0.15) is 0 Å². The molecule has 0 atom stereocenters. The molecule has 2 amide bonds. The van der Waals surface area contributed by atoms with Gasteiger partial charge in [-0.2, -0.15) is 13.2 Å². The van der Waals surface area contributed by atoms with Gasteiger partial charge in [-0.1, -0.05) is 19.1 Å². The monoisotopic (exact) mass is 483 g/mol. The second-order valence-corrected chi connectivity index (χ2v) is 9.41. The van der Waals surface area contributed by atoms with Crippen LogP contribution in [0.25, 0.3) is 0 Å². The maximum Gasteiger partial charge on any atom is 0.416 e. The first-order valence-electron chi connectivity index (χ1n) is 10.3. The molecular weight excluding hydrogens is 459 g/mol. The zero-order valence-corrected chi connectivity index (χ0v) is 19.0. The fourth-order valence-corrected chi connectivity index (χ4v) is 4.63. The molecule has 2 aromatic rings. The highest BCUT2D eigenvalue weighted by Gasteiger charge is 2.32. The third-order valence-corrected chi connectivity index (χ3v) is 6.92. The lowest BCUT2D eigenvalue weighted by Gasteiger charge is -2.35. The number of rotatable bonds is 5. The van der Waals surface area contributed by atoms with Gasteiger partial charge in [-0.25, -0.2) is 13.1 Å². The molecule has 2 aromatic carbocycles. The molecule has 1 aliphatic rings. The van der Waals surface area contributed by atoms with Crippen LogP contribution >= 0.6 is 0 Å². The molecule has 178 valence electrons. The first-order valence-corrected chi connectivity index (χ1v) is 11.8. The fraction of sp³-hybridized carbons (Fsp3) is 0.364. The SMILES string of the molecule is CCNS(=O)(=O)c1ccc(C)c(C(=O)N2CCN(C(=O)c3cccc(C(F)(F)F)c3)CC2)c1. The Labute approximate surface area is 190 Å². The Morgan fingerprint density at radius 1 is 0.970 bits per heavy atom. The zero-order valence-electron chi connectivity index (χ0n) is 18.1. The van der Waals surface area contributed by atoms with Crippen molar-refractivity contribution in [2.45, 2.75) is 24.9 Å². The van der Waals surface area contributed by atoms with Crippen LogP contribution in [0.15, 0.2) is 47.4 Å². The highest BCUT2D eigenvalue weighted by Crippen LogP contribution is 2.30. The van der Waals surface area contributed by atoms with Crippen molar-refractivity contribution in [2.24, 2.45) is 0 Å². The summed E-state index contributed by atoms with van der Waals surface area (Å²) in [6, 6.07) is 8.55. The molecule has 0 bridgehead atoms. The van der Waals surface area contributed by atoms with E-state index in [4.69, 9.17) is 0 Å². The number of benzene rings is 2. The average molecular weight is 484 g/mol. The first-order chi connectivity index (χ1) is 15.4. The summed E-state index contributed by atoms with van der Waals surface area (Å²) in [7, 11) is -3.73. The third kappa shape index (κ3) is 5.53. The van der Waals surface area contributed by atoms with E-state index in [1.807, 2.05) is 0 Å². The molecule has 1 saturated heterocycles. The number of hydrogen-bond donors (Lipinski definition) is 1. The van der Waals surface area contributed by atoms with Gasteiger partial charge in [0.25, 0.3) is 11.8 Å². The van der Waals surface area contributed by atoms with Crippen LogP contribution in [0.5, 0.6) is 0 Å². The van der Waals surface area contributed by atoms with Crippen molar-refractivity contribution in [3.8, 4) is 0 Å². The molecule has 7 nitrogen and oxygen atoms in total. The topological polar surface area (TPSA) is 86.8 Å². The largest absolute Gasteiger partial charge is 0.416 e. The number of halogens is 3. The lowest BCUT2D eigenvalue weighted by atomic mass is 10.1. The van der Waals surface area contributed by atoms with Gasteiger partial charge in [-0.3, -0.25) is 9.59 Å². The lowest BCUT2D eigenvalue weighted by Crippen LogP contribution is -2.50. The van der Waals surface area contributed by atoms with Gasteiger partial charge in [0.15, 0.2) is 0 Å². The molecule has 1 fully saturated rings. The Kier molecular flexibility index (Phi) is 7.13. The number of nitrogens with zero attached hydrogens (tertiary/aromatic N) is 2. The summed E-state index contributed by atoms with van der Waals surface area (Å²) in [6.07, 6.45) is -4.55. The van der Waals surface area contributed by atoms with E-state index < -0.39 is 27.7 Å². The van der Waals surface area contributed by atoms with Crippen molar-refractivity contribution in [3.63, 3.8) is 0 Å². The highest BCUT2D eigenvalue weighted by atomic mass is 32.2. The van der Waals surface area contributed by atoms with Gasteiger partial charge in [0.2, 0.25) is 10.0 Å². The van der Waals surface area contributed by atoms with Gasteiger partial charge < -0.3 is 9.80 Å². The number of carbonyl (C=O) groups is 2. The minimum atomic E-state index is -4.55. The van der Waals surface area contributed by atoms with Crippen molar-refractivity contribution in [3.05, 3.63) is 64.7 Å². The maximum atomic E-state index is 13.0. The summed E-state index contributed by atoms with van der Waals surface area (Å²) in [5, 5.41) is 0. The summed E-state index contributed by atoms with van der Waals surface area (Å²) in [6.45, 7) is 4.20. The van der Waals surface area contributed by atoms with Gasteiger partial charge in [-0.15, -0.1) is 0 Å². The Bertz CT molecular complexity index is 1160. The van der Waals surface area contributed by atoms with Crippen molar-refractivity contribution in [2.75, 3.05) is 32.7 Å². The summed E-state index contributed by atoms with van der Waals surface area (Å²) in [4.78, 5) is 28.6. The van der Waals surface area contributed by atoms with Crippen molar-refractivity contribution in [1.82, 2.24) is 14.5 Å². The quantitative estimate of drug-likeness (QED) is 0.709. The number of sulfonamides is 1. The zero-order chi connectivity index (χ0) is 24.4. The van der Waals surface area contributed by atoms with Crippen molar-refractivity contribution in [1.29, 1.82) is 0 Å². The van der Waals surface area contributed by atoms with Crippen LogP contribution in [-0.4, -0.2) is 62.8 Å². The first kappa shape index (κ1) is 24.7. The average Bonchev–Trinajstić information content (AvgIpc) is 2.78. The van der Waals surface area contributed by atoms with Crippen molar-refractivity contribution < 1.29 is 31.2 Å². The Morgan fingerprint density at radius 2 is 1.58 bits per heavy atom. The van der Waals surface area contributed by atoms with Crippen LogP contribution in [0, 0.1) is 6.92 Å². The molecule has 1 aliphatic heterocycles. The van der Waals surface area contributed by atoms with E-state index >= 15 is 0 Å². The molecule has 1 heterocycles. The maximum absolute atomic E-state index is 13.0. The van der Waals surface area contributed by atoms with E-state index in [9.17, 15) is 31.2 Å². The van der Waals surface area contributed by atoms with Gasteiger partial charge in [0.05, 0.1) is 10.5 Å². The summed E-state index contributed by atoms with van der Waals surface area (Å²) >= 11 is 0. The predicted molar refractivity (Wildman–Crippen MR) is 115 cm³/mol. The van der Waals surface area contributed by atoms with Crippen LogP contribution in [0.2, 0.25) is 0 Å². The number of carbonyl (C=O) groups excluding carboxylic acids is 2. The van der Waals surface area contributed by atoms with Crippen LogP contribution < -0.4 is 4.72 Å². The van der Waals surface area contributed by atoms with Gasteiger partial charge in [-0.05, 0) is 42.8 Å². The second-order valence-electron chi connectivity index (χ2n) is 7.64. The van der Waals surface area contributed by atoms with E-state index in [2.05, 4.69) is 4.72 Å². The number of nitrogens with one attached hydrogen (secondary N) is 1. The van der Waals surface area contributed by atoms with Crippen LogP contribution in [0.3, 0.4) is 0 Å². The predicted octanol–water partition coefficient (Wildman–Crippen LogP) is 2.91. The summed E-state index contributed by atoms with van der Waals surface area (Å²) in [5.41, 5.74) is -0.114. The Hall–Kier alpha value is -2.92. The van der Waals surface area contributed by atoms with Gasteiger partial charge in [0, 0.05) is 43.9 Å². The van der Waals surface area contributed by atoms with E-state index in [-0.39, 0.29) is 54.7 Å². The minimum Gasteiger partial charge on any atom is -0.335 e. The Morgan fingerprint density at radius 3 is 2.15 bits per heavy atom. The minimum absolute atomic E-state index is 0.0170. The second kappa shape index (κ2) is 9.52. The van der Waals surface area contributed by atoms with E-state index in [1.165, 1.54) is 34.1 Å². The lowest BCUT2D eigenvalue weighted by molar-refractivity contribution is -0.137. The van der Waals surface area contributed by atoms with E-state index in [1.54, 1.807) is 19.9 Å². The van der Waals surface area contributed by atoms with E-state index in [0.717, 1.165) is 12.1 Å². The number of amides is 2. The van der Waals surface area contributed by atoms with Crippen LogP contribution in [0.1, 0.15) is 38.8 Å². The molecule has 0 radical (unpaired) electrons. The molecule has 0 unspecified atom stereocenters. The van der Waals surface area contributed by atoms with E-state index in [0.29, 0.717) is 5.56 Å². The number of aryl methyl sites for hydroxylation is 1. The molecule has 0 aliphatic carbocycles. The smallest absolute Gasteiger partial charge is 0.335 e. The molecule has 0 saturated carbocycles. The Balaban J connectivity index is 1.71. The number of alkyl halides is 3. The summed E-state index contributed by atoms with van der Waals surface area (Å²) in [5.74, 6) is -0.907. The molecular formula is C22H24F3N3O4S. The molecule has 1 N–H and O–H groups in total. The fourth-order valence-electron chi connectivity index (χ4n) is 3.57. The highest BCUT2D eigenvalue weighted by molar-refractivity contribution is 7.89. The van der Waals surface area contributed by atoms with Crippen molar-refractivity contribution >= 4 is 21.8 Å². The third-order valence-electron chi connectivity index (χ3n) is 5.38.